The Morgan fingerprint density at radius 3 is 2.22 bits per heavy atom. The Morgan fingerprint density at radius 2 is 1.61 bits per heavy atom. The molecular formula is C37H51NO3. The maximum atomic E-state index is 11.0. The van der Waals surface area contributed by atoms with Crippen LogP contribution in [0.3, 0.4) is 0 Å². The highest BCUT2D eigenvalue weighted by Gasteiger charge is 2.36. The van der Waals surface area contributed by atoms with Crippen molar-refractivity contribution in [1.82, 2.24) is 0 Å². The predicted molar refractivity (Wildman–Crippen MR) is 169 cm³/mol. The Labute approximate surface area is 249 Å². The van der Waals surface area contributed by atoms with Gasteiger partial charge in [0, 0.05) is 6.08 Å². The monoisotopic (exact) mass is 557 g/mol. The predicted octanol–water partition coefficient (Wildman–Crippen LogP) is 10.3. The fraction of sp³-hybridized carbons (Fsp3) is 0.568. The quantitative estimate of drug-likeness (QED) is 0.104. The lowest BCUT2D eigenvalue weighted by atomic mass is 9.66. The van der Waals surface area contributed by atoms with E-state index in [1.54, 1.807) is 0 Å². The number of carbonyl (C=O) groups excluding carboxylic acids is 1. The van der Waals surface area contributed by atoms with Crippen molar-refractivity contribution in [2.24, 2.45) is 5.41 Å². The first-order valence-corrected chi connectivity index (χ1v) is 16.1. The highest BCUT2D eigenvalue weighted by atomic mass is 16.5. The Bertz CT molecular complexity index is 1080. The molecule has 0 heterocycles. The number of hydrogen-bond acceptors (Lipinski definition) is 4. The number of rotatable bonds is 18. The summed E-state index contributed by atoms with van der Waals surface area (Å²) in [6.45, 7) is 8.22. The van der Waals surface area contributed by atoms with Crippen LogP contribution in [0.4, 0.5) is 0 Å². The van der Waals surface area contributed by atoms with Crippen LogP contribution in [0.25, 0.3) is 11.1 Å². The van der Waals surface area contributed by atoms with Crippen molar-refractivity contribution in [3.63, 3.8) is 0 Å². The third kappa shape index (κ3) is 11.0. The van der Waals surface area contributed by atoms with Gasteiger partial charge in [-0.05, 0) is 80.2 Å². The van der Waals surface area contributed by atoms with E-state index in [-0.39, 0.29) is 17.5 Å². The molecule has 1 aliphatic carbocycles. The lowest BCUT2D eigenvalue weighted by molar-refractivity contribution is -0.137. The minimum absolute atomic E-state index is 0.171. The molecule has 2 aromatic rings. The van der Waals surface area contributed by atoms with Crippen molar-refractivity contribution in [3.8, 4) is 22.9 Å². The van der Waals surface area contributed by atoms with Gasteiger partial charge in [-0.1, -0.05) is 108 Å². The van der Waals surface area contributed by atoms with Crippen molar-refractivity contribution >= 4 is 5.97 Å². The Kier molecular flexibility index (Phi) is 14.0. The lowest BCUT2D eigenvalue weighted by Gasteiger charge is -2.36. The molecule has 222 valence electrons. The van der Waals surface area contributed by atoms with Gasteiger partial charge in [-0.3, -0.25) is 0 Å². The summed E-state index contributed by atoms with van der Waals surface area (Å²) in [7, 11) is 0. The summed E-state index contributed by atoms with van der Waals surface area (Å²) in [6.07, 6.45) is 18.3. The van der Waals surface area contributed by atoms with Gasteiger partial charge >= 0.3 is 5.97 Å². The molecule has 4 heteroatoms. The van der Waals surface area contributed by atoms with E-state index in [0.717, 1.165) is 63.5 Å². The first kappa shape index (κ1) is 32.5. The molecule has 3 atom stereocenters. The van der Waals surface area contributed by atoms with Crippen molar-refractivity contribution in [2.45, 2.75) is 122 Å². The second-order valence-electron chi connectivity index (χ2n) is 12.0. The zero-order valence-electron chi connectivity index (χ0n) is 25.5. The number of unbranched alkanes of at least 4 members (excludes halogenated alkanes) is 7. The van der Waals surface area contributed by atoms with E-state index in [2.05, 4.69) is 75.0 Å². The number of nitriles is 1. The molecule has 0 aromatic heterocycles. The average molecular weight is 558 g/mol. The highest BCUT2D eigenvalue weighted by molar-refractivity contribution is 5.81. The summed E-state index contributed by atoms with van der Waals surface area (Å²) in [6, 6.07) is 20.3. The van der Waals surface area contributed by atoms with Gasteiger partial charge in [0.05, 0.1) is 24.2 Å². The summed E-state index contributed by atoms with van der Waals surface area (Å²) < 4.78 is 11.0. The number of esters is 1. The van der Waals surface area contributed by atoms with Crippen molar-refractivity contribution in [3.05, 3.63) is 66.7 Å². The third-order valence-electron chi connectivity index (χ3n) is 8.65. The van der Waals surface area contributed by atoms with Gasteiger partial charge in [0.2, 0.25) is 0 Å². The summed E-state index contributed by atoms with van der Waals surface area (Å²) in [4.78, 5) is 11.0. The van der Waals surface area contributed by atoms with Crippen LogP contribution in [0.1, 0.15) is 122 Å². The molecule has 0 N–H and O–H groups in total. The van der Waals surface area contributed by atoms with E-state index in [0.29, 0.717) is 12.5 Å². The average Bonchev–Trinajstić information content (AvgIpc) is 3.00. The van der Waals surface area contributed by atoms with Crippen LogP contribution in [0.15, 0.2) is 61.2 Å². The number of ether oxygens (including phenoxy) is 2. The van der Waals surface area contributed by atoms with Gasteiger partial charge < -0.3 is 9.47 Å². The van der Waals surface area contributed by atoms with Crippen LogP contribution in [-0.4, -0.2) is 18.7 Å². The first-order valence-electron chi connectivity index (χ1n) is 16.1. The molecule has 1 aliphatic rings. The molecule has 2 aromatic carbocycles. The Balaban J connectivity index is 1.40. The van der Waals surface area contributed by atoms with E-state index in [9.17, 15) is 10.1 Å². The molecule has 0 saturated heterocycles. The summed E-state index contributed by atoms with van der Waals surface area (Å²) in [5, 5.41) is 10.2. The minimum atomic E-state index is -0.331. The van der Waals surface area contributed by atoms with E-state index < -0.39 is 0 Å². The fourth-order valence-electron chi connectivity index (χ4n) is 6.26. The molecule has 1 fully saturated rings. The van der Waals surface area contributed by atoms with Gasteiger partial charge in [0.1, 0.15) is 5.75 Å². The van der Waals surface area contributed by atoms with Crippen LogP contribution in [0, 0.1) is 16.7 Å². The van der Waals surface area contributed by atoms with Crippen molar-refractivity contribution in [1.29, 1.82) is 5.26 Å². The maximum absolute atomic E-state index is 11.0. The van der Waals surface area contributed by atoms with Gasteiger partial charge in [0.15, 0.2) is 0 Å². The SMILES string of the molecule is C=CC(=O)OCCCCCCCCCCC1(C#N)CCCC(c2ccc(-c3ccc(OC(C)CCC)cc3)cc2)C1. The topological polar surface area (TPSA) is 59.3 Å². The summed E-state index contributed by atoms with van der Waals surface area (Å²) in [5.41, 5.74) is 3.63. The largest absolute Gasteiger partial charge is 0.491 e. The highest BCUT2D eigenvalue weighted by Crippen LogP contribution is 2.47. The minimum Gasteiger partial charge on any atom is -0.491 e. The number of hydrogen-bond donors (Lipinski definition) is 0. The molecule has 0 radical (unpaired) electrons. The van der Waals surface area contributed by atoms with Gasteiger partial charge in [0.25, 0.3) is 0 Å². The Morgan fingerprint density at radius 1 is 1.00 bits per heavy atom. The molecule has 0 spiro atoms. The van der Waals surface area contributed by atoms with E-state index in [1.165, 1.54) is 61.3 Å². The summed E-state index contributed by atoms with van der Waals surface area (Å²) in [5.74, 6) is 1.07. The Hall–Kier alpha value is -3.06. The molecule has 0 bridgehead atoms. The fourth-order valence-corrected chi connectivity index (χ4v) is 6.26. The molecule has 0 aliphatic heterocycles. The standard InChI is InChI=1S/C37H51NO3/c1-4-15-30(3)41-35-23-21-32(22-24-35)31-17-19-33(20-18-31)34-16-14-26-37(28-34,29-38)25-12-10-8-6-7-9-11-13-27-40-36(39)5-2/h5,17-24,30,34H,2,4,6-16,25-28H2,1,3H3. The molecule has 4 nitrogen and oxygen atoms in total. The number of carbonyl (C=O) groups is 1. The zero-order chi connectivity index (χ0) is 29.3. The normalized spacial score (nSPS) is 19.2. The molecule has 3 rings (SSSR count). The molecule has 1 saturated carbocycles. The maximum Gasteiger partial charge on any atom is 0.330 e. The first-order chi connectivity index (χ1) is 20.0. The van der Waals surface area contributed by atoms with Crippen molar-refractivity contribution < 1.29 is 14.3 Å². The van der Waals surface area contributed by atoms with Crippen LogP contribution >= 0.6 is 0 Å². The van der Waals surface area contributed by atoms with Gasteiger partial charge in [-0.2, -0.15) is 5.26 Å². The van der Waals surface area contributed by atoms with E-state index in [1.807, 2.05) is 0 Å². The van der Waals surface area contributed by atoms with Crippen LogP contribution < -0.4 is 4.74 Å². The van der Waals surface area contributed by atoms with E-state index >= 15 is 0 Å². The third-order valence-corrected chi connectivity index (χ3v) is 8.65. The van der Waals surface area contributed by atoms with Crippen LogP contribution in [-0.2, 0) is 9.53 Å². The molecular weight excluding hydrogens is 506 g/mol. The number of nitrogens with zero attached hydrogens (tertiary/aromatic N) is 1. The number of benzene rings is 2. The van der Waals surface area contributed by atoms with Crippen LogP contribution in [0.5, 0.6) is 5.75 Å². The molecule has 41 heavy (non-hydrogen) atoms. The molecule has 3 unspecified atom stereocenters. The van der Waals surface area contributed by atoms with Gasteiger partial charge in [-0.15, -0.1) is 0 Å². The van der Waals surface area contributed by atoms with Crippen molar-refractivity contribution in [2.75, 3.05) is 6.61 Å². The second kappa shape index (κ2) is 17.7. The second-order valence-corrected chi connectivity index (χ2v) is 12.0. The van der Waals surface area contributed by atoms with Crippen LogP contribution in [0.2, 0.25) is 0 Å². The zero-order valence-corrected chi connectivity index (χ0v) is 25.5. The molecule has 0 amide bonds. The summed E-state index contributed by atoms with van der Waals surface area (Å²) >= 11 is 0. The van der Waals surface area contributed by atoms with E-state index in [4.69, 9.17) is 9.47 Å². The lowest BCUT2D eigenvalue weighted by Crippen LogP contribution is -2.26. The smallest absolute Gasteiger partial charge is 0.330 e. The van der Waals surface area contributed by atoms with Gasteiger partial charge in [-0.25, -0.2) is 4.79 Å².